The molecule has 3 heteroatoms. The molecular formula is C16H25NOS. The third-order valence-corrected chi connectivity index (χ3v) is 4.94. The van der Waals surface area contributed by atoms with Gasteiger partial charge in [-0.25, -0.2) is 0 Å². The number of hydrogen-bond acceptors (Lipinski definition) is 3. The summed E-state index contributed by atoms with van der Waals surface area (Å²) in [6.45, 7) is 6.42. The SMILES string of the molecule is CC1CCCC(Sc2cccc(OC(C)C)c2N)C1. The molecule has 1 aromatic rings. The van der Waals surface area contributed by atoms with Crippen molar-refractivity contribution < 1.29 is 4.74 Å². The molecule has 0 bridgehead atoms. The minimum absolute atomic E-state index is 0.164. The molecule has 106 valence electrons. The van der Waals surface area contributed by atoms with E-state index in [0.717, 1.165) is 17.4 Å². The summed E-state index contributed by atoms with van der Waals surface area (Å²) in [5.74, 6) is 1.67. The molecule has 1 saturated carbocycles. The first-order valence-corrected chi connectivity index (χ1v) is 8.16. The second kappa shape index (κ2) is 6.56. The lowest BCUT2D eigenvalue weighted by atomic mass is 9.91. The van der Waals surface area contributed by atoms with Crippen LogP contribution in [0.5, 0.6) is 5.75 Å². The van der Waals surface area contributed by atoms with Crippen LogP contribution in [0.2, 0.25) is 0 Å². The molecule has 0 aliphatic heterocycles. The Labute approximate surface area is 121 Å². The molecule has 0 amide bonds. The van der Waals surface area contributed by atoms with Gasteiger partial charge in [0.2, 0.25) is 0 Å². The van der Waals surface area contributed by atoms with E-state index in [1.807, 2.05) is 37.7 Å². The molecule has 1 aliphatic carbocycles. The average molecular weight is 279 g/mol. The molecule has 0 radical (unpaired) electrons. The lowest BCUT2D eigenvalue weighted by Gasteiger charge is -2.26. The first-order valence-electron chi connectivity index (χ1n) is 7.28. The third kappa shape index (κ3) is 4.07. The highest BCUT2D eigenvalue weighted by Crippen LogP contribution is 2.40. The van der Waals surface area contributed by atoms with Crippen molar-refractivity contribution in [2.75, 3.05) is 5.73 Å². The Morgan fingerprint density at radius 2 is 2.11 bits per heavy atom. The number of benzene rings is 1. The van der Waals surface area contributed by atoms with Gasteiger partial charge in [-0.3, -0.25) is 0 Å². The highest BCUT2D eigenvalue weighted by molar-refractivity contribution is 8.00. The van der Waals surface area contributed by atoms with Crippen molar-refractivity contribution in [1.82, 2.24) is 0 Å². The second-order valence-electron chi connectivity index (χ2n) is 5.85. The van der Waals surface area contributed by atoms with Crippen LogP contribution in [0.1, 0.15) is 46.5 Å². The van der Waals surface area contributed by atoms with Crippen molar-refractivity contribution in [2.45, 2.75) is 62.7 Å². The van der Waals surface area contributed by atoms with E-state index in [2.05, 4.69) is 13.0 Å². The first-order chi connectivity index (χ1) is 9.06. The average Bonchev–Trinajstić information content (AvgIpc) is 2.34. The van der Waals surface area contributed by atoms with Gasteiger partial charge >= 0.3 is 0 Å². The molecule has 1 aromatic carbocycles. The Kier molecular flexibility index (Phi) is 5.03. The maximum atomic E-state index is 6.24. The normalized spacial score (nSPS) is 23.6. The number of rotatable bonds is 4. The number of nitrogens with two attached hydrogens (primary N) is 1. The fourth-order valence-corrected chi connectivity index (χ4v) is 4.10. The van der Waals surface area contributed by atoms with Gasteiger partial charge in [0, 0.05) is 10.1 Å². The summed E-state index contributed by atoms with van der Waals surface area (Å²) >= 11 is 1.93. The standard InChI is InChI=1S/C16H25NOS/c1-11(2)18-14-8-5-9-15(16(14)17)19-13-7-4-6-12(3)10-13/h5,8-9,11-13H,4,6-7,10,17H2,1-3H3. The van der Waals surface area contributed by atoms with Crippen LogP contribution in [0, 0.1) is 5.92 Å². The Hall–Kier alpha value is -0.830. The summed E-state index contributed by atoms with van der Waals surface area (Å²) in [5.41, 5.74) is 7.04. The Balaban J connectivity index is 2.07. The lowest BCUT2D eigenvalue weighted by Crippen LogP contribution is -2.15. The number of para-hydroxylation sites is 1. The van der Waals surface area contributed by atoms with Crippen molar-refractivity contribution in [3.63, 3.8) is 0 Å². The topological polar surface area (TPSA) is 35.2 Å². The fraction of sp³-hybridized carbons (Fsp3) is 0.625. The molecule has 0 saturated heterocycles. The number of ether oxygens (including phenoxy) is 1. The van der Waals surface area contributed by atoms with Gasteiger partial charge in [0.25, 0.3) is 0 Å². The van der Waals surface area contributed by atoms with Gasteiger partial charge in [-0.15, -0.1) is 11.8 Å². The summed E-state index contributed by atoms with van der Waals surface area (Å²) < 4.78 is 5.76. The van der Waals surface area contributed by atoms with Gasteiger partial charge in [0.05, 0.1) is 11.8 Å². The summed E-state index contributed by atoms with van der Waals surface area (Å²) in [6.07, 6.45) is 5.50. The fourth-order valence-electron chi connectivity index (χ4n) is 2.65. The third-order valence-electron chi connectivity index (χ3n) is 3.57. The number of thioether (sulfide) groups is 1. The van der Waals surface area contributed by atoms with Crippen LogP contribution >= 0.6 is 11.8 Å². The van der Waals surface area contributed by atoms with E-state index in [-0.39, 0.29) is 6.10 Å². The van der Waals surface area contributed by atoms with E-state index in [1.54, 1.807) is 0 Å². The predicted octanol–water partition coefficient (Wildman–Crippen LogP) is 4.73. The van der Waals surface area contributed by atoms with Crippen molar-refractivity contribution in [3.8, 4) is 5.75 Å². The molecule has 2 rings (SSSR count). The molecule has 2 unspecified atom stereocenters. The van der Waals surface area contributed by atoms with Gasteiger partial charge in [0.15, 0.2) is 0 Å². The summed E-state index contributed by atoms with van der Waals surface area (Å²) in [4.78, 5) is 1.18. The van der Waals surface area contributed by atoms with Crippen LogP contribution in [-0.4, -0.2) is 11.4 Å². The molecule has 1 aliphatic rings. The van der Waals surface area contributed by atoms with Gasteiger partial charge in [-0.05, 0) is 44.7 Å². The van der Waals surface area contributed by atoms with Gasteiger partial charge in [-0.2, -0.15) is 0 Å². The highest BCUT2D eigenvalue weighted by Gasteiger charge is 2.21. The minimum atomic E-state index is 0.164. The second-order valence-corrected chi connectivity index (χ2v) is 7.19. The first kappa shape index (κ1) is 14.6. The van der Waals surface area contributed by atoms with Crippen molar-refractivity contribution in [1.29, 1.82) is 0 Å². The summed E-state index contributed by atoms with van der Waals surface area (Å²) in [7, 11) is 0. The molecule has 0 aromatic heterocycles. The highest BCUT2D eigenvalue weighted by atomic mass is 32.2. The number of nitrogen functional groups attached to an aromatic ring is 1. The zero-order valence-corrected chi connectivity index (χ0v) is 13.0. The van der Waals surface area contributed by atoms with Gasteiger partial charge in [-0.1, -0.05) is 25.8 Å². The van der Waals surface area contributed by atoms with Crippen LogP contribution < -0.4 is 10.5 Å². The zero-order chi connectivity index (χ0) is 13.8. The Bertz CT molecular complexity index is 419. The predicted molar refractivity (Wildman–Crippen MR) is 83.9 cm³/mol. The van der Waals surface area contributed by atoms with Crippen molar-refractivity contribution in [3.05, 3.63) is 18.2 Å². The van der Waals surface area contributed by atoms with E-state index < -0.39 is 0 Å². The van der Waals surface area contributed by atoms with Gasteiger partial charge in [0.1, 0.15) is 5.75 Å². The van der Waals surface area contributed by atoms with Crippen LogP contribution in [0.4, 0.5) is 5.69 Å². The van der Waals surface area contributed by atoms with E-state index in [0.29, 0.717) is 5.25 Å². The van der Waals surface area contributed by atoms with Crippen molar-refractivity contribution in [2.24, 2.45) is 5.92 Å². The van der Waals surface area contributed by atoms with Gasteiger partial charge < -0.3 is 10.5 Å². The molecule has 2 N–H and O–H groups in total. The van der Waals surface area contributed by atoms with Crippen LogP contribution in [0.15, 0.2) is 23.1 Å². The molecule has 0 spiro atoms. The Morgan fingerprint density at radius 3 is 2.79 bits per heavy atom. The molecule has 2 nitrogen and oxygen atoms in total. The number of anilines is 1. The quantitative estimate of drug-likeness (QED) is 0.809. The maximum absolute atomic E-state index is 6.24. The lowest BCUT2D eigenvalue weighted by molar-refractivity contribution is 0.243. The largest absolute Gasteiger partial charge is 0.489 e. The smallest absolute Gasteiger partial charge is 0.143 e. The molecule has 0 heterocycles. The van der Waals surface area contributed by atoms with E-state index in [9.17, 15) is 0 Å². The summed E-state index contributed by atoms with van der Waals surface area (Å²) in [6, 6.07) is 6.12. The van der Waals surface area contributed by atoms with E-state index in [1.165, 1.54) is 30.6 Å². The van der Waals surface area contributed by atoms with Crippen molar-refractivity contribution >= 4 is 17.4 Å². The summed E-state index contributed by atoms with van der Waals surface area (Å²) in [5, 5.41) is 0.709. The zero-order valence-electron chi connectivity index (χ0n) is 12.2. The monoisotopic (exact) mass is 279 g/mol. The molecule has 1 fully saturated rings. The van der Waals surface area contributed by atoms with Crippen LogP contribution in [-0.2, 0) is 0 Å². The van der Waals surface area contributed by atoms with E-state index >= 15 is 0 Å². The van der Waals surface area contributed by atoms with E-state index in [4.69, 9.17) is 10.5 Å². The number of hydrogen-bond donors (Lipinski definition) is 1. The van der Waals surface area contributed by atoms with Crippen LogP contribution in [0.25, 0.3) is 0 Å². The minimum Gasteiger partial charge on any atom is -0.489 e. The maximum Gasteiger partial charge on any atom is 0.143 e. The Morgan fingerprint density at radius 1 is 1.32 bits per heavy atom. The molecule has 2 atom stereocenters. The van der Waals surface area contributed by atoms with Crippen LogP contribution in [0.3, 0.4) is 0 Å². The molecular weight excluding hydrogens is 254 g/mol. The molecule has 19 heavy (non-hydrogen) atoms.